The lowest BCUT2D eigenvalue weighted by Gasteiger charge is -2.08. The van der Waals surface area contributed by atoms with E-state index in [2.05, 4.69) is 10.3 Å². The maximum absolute atomic E-state index is 11.6. The van der Waals surface area contributed by atoms with Crippen molar-refractivity contribution >= 4 is 17.9 Å². The van der Waals surface area contributed by atoms with Gasteiger partial charge in [0, 0.05) is 12.1 Å². The predicted octanol–water partition coefficient (Wildman–Crippen LogP) is 1.75. The summed E-state index contributed by atoms with van der Waals surface area (Å²) in [7, 11) is 3.16. The molecule has 0 radical (unpaired) electrons. The van der Waals surface area contributed by atoms with Gasteiger partial charge < -0.3 is 19.6 Å². The van der Waals surface area contributed by atoms with Crippen molar-refractivity contribution in [3.8, 4) is 22.8 Å². The standard InChI is InChI=1S/C16H15N3O4/c1-21-9-3-5-11(14(8-9)22-2)13-6-4-10(23-13)7-12-15(20)19-16(17)18-12/h3-8H,1-2H3,(H3,17,18,19,20)/b12-7+. The number of amides is 1. The van der Waals surface area contributed by atoms with Crippen molar-refractivity contribution in [1.82, 2.24) is 5.32 Å². The quantitative estimate of drug-likeness (QED) is 0.838. The molecule has 1 aliphatic heterocycles. The lowest BCUT2D eigenvalue weighted by Crippen LogP contribution is -2.30. The number of nitrogens with zero attached hydrogens (tertiary/aromatic N) is 1. The molecule has 1 aliphatic rings. The Balaban J connectivity index is 1.94. The minimum atomic E-state index is -0.359. The number of ether oxygens (including phenoxy) is 2. The summed E-state index contributed by atoms with van der Waals surface area (Å²) in [6, 6.07) is 8.95. The van der Waals surface area contributed by atoms with Crippen LogP contribution in [0.3, 0.4) is 0 Å². The summed E-state index contributed by atoms with van der Waals surface area (Å²) < 4.78 is 16.3. The molecule has 23 heavy (non-hydrogen) atoms. The van der Waals surface area contributed by atoms with Gasteiger partial charge in [0.15, 0.2) is 0 Å². The molecule has 1 aromatic heterocycles. The molecule has 3 rings (SSSR count). The van der Waals surface area contributed by atoms with E-state index in [-0.39, 0.29) is 17.6 Å². The minimum absolute atomic E-state index is 0.0739. The molecule has 0 saturated carbocycles. The number of carbonyl (C=O) groups excluding carboxylic acids is 1. The Kier molecular flexibility index (Phi) is 3.76. The van der Waals surface area contributed by atoms with Crippen LogP contribution in [0.4, 0.5) is 0 Å². The van der Waals surface area contributed by atoms with Crippen LogP contribution in [0.2, 0.25) is 0 Å². The van der Waals surface area contributed by atoms with Crippen molar-refractivity contribution in [1.29, 1.82) is 0 Å². The number of benzene rings is 1. The molecule has 1 aromatic carbocycles. The van der Waals surface area contributed by atoms with Crippen LogP contribution in [-0.4, -0.2) is 26.1 Å². The zero-order valence-corrected chi connectivity index (χ0v) is 12.6. The first-order valence-electron chi connectivity index (χ1n) is 6.80. The highest BCUT2D eigenvalue weighted by Crippen LogP contribution is 2.34. The molecule has 2 heterocycles. The number of hydrogen-bond acceptors (Lipinski definition) is 6. The van der Waals surface area contributed by atoms with Gasteiger partial charge in [-0.3, -0.25) is 10.1 Å². The number of rotatable bonds is 4. The SMILES string of the molecule is COc1ccc(-c2ccc(/C=C3/N=C(N)NC3=O)o2)c(OC)c1. The smallest absolute Gasteiger partial charge is 0.276 e. The average molecular weight is 313 g/mol. The van der Waals surface area contributed by atoms with Gasteiger partial charge >= 0.3 is 0 Å². The van der Waals surface area contributed by atoms with Crippen LogP contribution in [0.15, 0.2) is 45.4 Å². The van der Waals surface area contributed by atoms with Gasteiger partial charge in [-0.15, -0.1) is 0 Å². The Bertz CT molecular complexity index is 820. The molecule has 0 saturated heterocycles. The summed E-state index contributed by atoms with van der Waals surface area (Å²) in [6.45, 7) is 0. The van der Waals surface area contributed by atoms with Crippen LogP contribution in [0.1, 0.15) is 5.76 Å². The molecule has 0 atom stereocenters. The normalized spacial score (nSPS) is 15.5. The second-order valence-corrected chi connectivity index (χ2v) is 4.75. The highest BCUT2D eigenvalue weighted by atomic mass is 16.5. The van der Waals surface area contributed by atoms with E-state index >= 15 is 0 Å². The second kappa shape index (κ2) is 5.88. The maximum atomic E-state index is 11.6. The van der Waals surface area contributed by atoms with Crippen LogP contribution < -0.4 is 20.5 Å². The first kappa shape index (κ1) is 14.7. The number of nitrogens with one attached hydrogen (secondary N) is 1. The van der Waals surface area contributed by atoms with Crippen molar-refractivity contribution in [2.24, 2.45) is 10.7 Å². The summed E-state index contributed by atoms with van der Waals surface area (Å²) >= 11 is 0. The van der Waals surface area contributed by atoms with Gasteiger partial charge in [0.05, 0.1) is 19.8 Å². The molecular formula is C16H15N3O4. The van der Waals surface area contributed by atoms with Gasteiger partial charge in [0.25, 0.3) is 5.91 Å². The maximum Gasteiger partial charge on any atom is 0.276 e. The zero-order valence-electron chi connectivity index (χ0n) is 12.6. The number of aliphatic imine (C=N–C) groups is 1. The van der Waals surface area contributed by atoms with Crippen LogP contribution in [0.25, 0.3) is 17.4 Å². The third-order valence-electron chi connectivity index (χ3n) is 3.30. The molecule has 118 valence electrons. The van der Waals surface area contributed by atoms with Crippen LogP contribution in [-0.2, 0) is 4.79 Å². The Hall–Kier alpha value is -3.22. The van der Waals surface area contributed by atoms with Crippen molar-refractivity contribution in [2.45, 2.75) is 0 Å². The Labute approximate surface area is 132 Å². The molecule has 3 N–H and O–H groups in total. The molecule has 0 bridgehead atoms. The number of furan rings is 1. The Morgan fingerprint density at radius 1 is 1.22 bits per heavy atom. The van der Waals surface area contributed by atoms with Crippen molar-refractivity contribution in [3.63, 3.8) is 0 Å². The molecule has 7 nitrogen and oxygen atoms in total. The van der Waals surface area contributed by atoms with Crippen LogP contribution in [0.5, 0.6) is 11.5 Å². The van der Waals surface area contributed by atoms with Crippen molar-refractivity contribution < 1.29 is 18.7 Å². The van der Waals surface area contributed by atoms with E-state index in [9.17, 15) is 4.79 Å². The molecule has 1 amide bonds. The highest BCUT2D eigenvalue weighted by molar-refractivity contribution is 6.13. The lowest BCUT2D eigenvalue weighted by atomic mass is 10.1. The first-order chi connectivity index (χ1) is 11.1. The minimum Gasteiger partial charge on any atom is -0.497 e. The topological polar surface area (TPSA) is 99.1 Å². The lowest BCUT2D eigenvalue weighted by molar-refractivity contribution is -0.115. The molecule has 0 aliphatic carbocycles. The number of methoxy groups -OCH3 is 2. The number of carbonyl (C=O) groups is 1. The Morgan fingerprint density at radius 2 is 2.04 bits per heavy atom. The predicted molar refractivity (Wildman–Crippen MR) is 85.0 cm³/mol. The van der Waals surface area contributed by atoms with Crippen molar-refractivity contribution in [3.05, 3.63) is 41.8 Å². The van der Waals surface area contributed by atoms with Gasteiger partial charge in [0.2, 0.25) is 5.96 Å². The van der Waals surface area contributed by atoms with Gasteiger partial charge in [0.1, 0.15) is 28.7 Å². The Morgan fingerprint density at radius 3 is 2.70 bits per heavy atom. The van der Waals surface area contributed by atoms with Gasteiger partial charge in [-0.05, 0) is 24.3 Å². The van der Waals surface area contributed by atoms with E-state index < -0.39 is 0 Å². The number of guanidine groups is 1. The zero-order chi connectivity index (χ0) is 16.4. The molecular weight excluding hydrogens is 298 g/mol. The van der Waals surface area contributed by atoms with Crippen LogP contribution in [0, 0.1) is 0 Å². The summed E-state index contributed by atoms with van der Waals surface area (Å²) in [4.78, 5) is 15.5. The van der Waals surface area contributed by atoms with Gasteiger partial charge in [-0.1, -0.05) is 0 Å². The molecule has 7 heteroatoms. The molecule has 0 spiro atoms. The van der Waals surface area contributed by atoms with Gasteiger partial charge in [-0.2, -0.15) is 0 Å². The second-order valence-electron chi connectivity index (χ2n) is 4.75. The summed E-state index contributed by atoms with van der Waals surface area (Å²) in [5.41, 5.74) is 6.42. The summed E-state index contributed by atoms with van der Waals surface area (Å²) in [5.74, 6) is 2.12. The van der Waals surface area contributed by atoms with E-state index in [4.69, 9.17) is 19.6 Å². The fourth-order valence-electron chi connectivity index (χ4n) is 2.20. The average Bonchev–Trinajstić information content (AvgIpc) is 3.13. The van der Waals surface area contributed by atoms with Crippen molar-refractivity contribution in [2.75, 3.05) is 14.2 Å². The van der Waals surface area contributed by atoms with E-state index in [0.29, 0.717) is 23.0 Å². The third kappa shape index (κ3) is 2.89. The van der Waals surface area contributed by atoms with E-state index in [1.165, 1.54) is 6.08 Å². The monoisotopic (exact) mass is 313 g/mol. The largest absolute Gasteiger partial charge is 0.497 e. The number of nitrogens with two attached hydrogens (primary N) is 1. The van der Waals surface area contributed by atoms with E-state index in [1.807, 2.05) is 12.1 Å². The highest BCUT2D eigenvalue weighted by Gasteiger charge is 2.18. The summed E-state index contributed by atoms with van der Waals surface area (Å²) in [6.07, 6.45) is 1.52. The molecule has 2 aromatic rings. The fraction of sp³-hybridized carbons (Fsp3) is 0.125. The van der Waals surface area contributed by atoms with E-state index in [0.717, 1.165) is 5.56 Å². The fourth-order valence-corrected chi connectivity index (χ4v) is 2.20. The van der Waals surface area contributed by atoms with Gasteiger partial charge in [-0.25, -0.2) is 4.99 Å². The first-order valence-corrected chi connectivity index (χ1v) is 6.80. The molecule has 0 unspecified atom stereocenters. The number of hydrogen-bond donors (Lipinski definition) is 2. The molecule has 0 fully saturated rings. The van der Waals surface area contributed by atoms with E-state index in [1.54, 1.807) is 32.4 Å². The summed E-state index contributed by atoms with van der Waals surface area (Å²) in [5, 5.41) is 2.40. The third-order valence-corrected chi connectivity index (χ3v) is 3.30. The van der Waals surface area contributed by atoms with Crippen LogP contribution >= 0.6 is 0 Å².